The molecular weight excluding hydrogens is 460 g/mol. The van der Waals surface area contributed by atoms with Gasteiger partial charge >= 0.3 is 11.7 Å². The first-order chi connectivity index (χ1) is 17.3. The summed E-state index contributed by atoms with van der Waals surface area (Å²) in [5, 5.41) is 11.3. The van der Waals surface area contributed by atoms with E-state index in [1.165, 1.54) is 9.47 Å². The minimum absolute atomic E-state index is 0.0293. The Morgan fingerprint density at radius 3 is 2.53 bits per heavy atom. The second kappa shape index (κ2) is 9.33. The van der Waals surface area contributed by atoms with E-state index in [1.54, 1.807) is 22.8 Å². The van der Waals surface area contributed by atoms with Crippen LogP contribution < -0.4 is 11.4 Å². The third-order valence-electron chi connectivity index (χ3n) is 6.87. The molecule has 0 aliphatic carbocycles. The van der Waals surface area contributed by atoms with Gasteiger partial charge in [-0.05, 0) is 47.4 Å². The predicted molar refractivity (Wildman–Crippen MR) is 135 cm³/mol. The van der Waals surface area contributed by atoms with E-state index in [9.17, 15) is 24.3 Å². The molecule has 0 radical (unpaired) electrons. The second-order valence-corrected chi connectivity index (χ2v) is 9.06. The van der Waals surface area contributed by atoms with E-state index in [4.69, 9.17) is 5.73 Å². The minimum Gasteiger partial charge on any atom is -0.481 e. The average Bonchev–Trinajstić information content (AvgIpc) is 3.46. The van der Waals surface area contributed by atoms with Crippen molar-refractivity contribution in [3.05, 3.63) is 82.3 Å². The summed E-state index contributed by atoms with van der Waals surface area (Å²) in [6.45, 7) is 0.691. The van der Waals surface area contributed by atoms with E-state index in [0.717, 1.165) is 16.3 Å². The smallest absolute Gasteiger partial charge is 0.329 e. The Balaban J connectivity index is 1.60. The number of primary amides is 1. The van der Waals surface area contributed by atoms with Gasteiger partial charge in [-0.3, -0.25) is 23.5 Å². The number of carbonyl (C=O) groups excluding carboxylic acids is 2. The van der Waals surface area contributed by atoms with Gasteiger partial charge in [0.05, 0.1) is 24.0 Å². The zero-order chi connectivity index (χ0) is 25.4. The summed E-state index contributed by atoms with van der Waals surface area (Å²) in [5.74, 6) is -1.90. The van der Waals surface area contributed by atoms with Crippen LogP contribution in [0.2, 0.25) is 0 Å². The lowest BCUT2D eigenvalue weighted by atomic mass is 10.0. The normalized spacial score (nSPS) is 15.6. The lowest BCUT2D eigenvalue weighted by Crippen LogP contribution is -2.43. The van der Waals surface area contributed by atoms with Gasteiger partial charge in [0.15, 0.2) is 0 Å². The number of aromatic nitrogens is 2. The van der Waals surface area contributed by atoms with Crippen LogP contribution in [0.25, 0.3) is 21.8 Å². The van der Waals surface area contributed by atoms with Crippen LogP contribution in [0.1, 0.15) is 35.2 Å². The van der Waals surface area contributed by atoms with Crippen LogP contribution >= 0.6 is 0 Å². The Morgan fingerprint density at radius 1 is 0.972 bits per heavy atom. The number of imidazole rings is 1. The topological polar surface area (TPSA) is 128 Å². The summed E-state index contributed by atoms with van der Waals surface area (Å²) in [6.07, 6.45) is 0.974. The average molecular weight is 487 g/mol. The predicted octanol–water partition coefficient (Wildman–Crippen LogP) is 2.57. The number of aryl methyl sites for hydroxylation is 1. The maximum Gasteiger partial charge on any atom is 0.329 e. The largest absolute Gasteiger partial charge is 0.481 e. The van der Waals surface area contributed by atoms with Crippen molar-refractivity contribution in [3.8, 4) is 0 Å². The van der Waals surface area contributed by atoms with E-state index >= 15 is 0 Å². The number of likely N-dealkylation sites (tertiary alicyclic amines) is 1. The highest BCUT2D eigenvalue weighted by atomic mass is 16.4. The number of nitrogens with zero attached hydrogens (tertiary/aromatic N) is 3. The molecule has 4 aromatic rings. The van der Waals surface area contributed by atoms with Crippen molar-refractivity contribution < 1.29 is 19.5 Å². The highest BCUT2D eigenvalue weighted by Gasteiger charge is 2.33. The summed E-state index contributed by atoms with van der Waals surface area (Å²) in [5.41, 5.74) is 7.49. The molecule has 184 valence electrons. The second-order valence-electron chi connectivity index (χ2n) is 9.06. The number of carboxylic acids is 1. The fourth-order valence-electron chi connectivity index (χ4n) is 5.10. The zero-order valence-corrected chi connectivity index (χ0v) is 19.6. The van der Waals surface area contributed by atoms with Crippen molar-refractivity contribution in [2.24, 2.45) is 5.73 Å². The SMILES string of the molecule is NC(=O)[C@@H]1CCCN1C(=O)c1ccc2c(c1)n(CCC(=O)O)c(=O)n2Cc1cccc2ccccc12. The van der Waals surface area contributed by atoms with Crippen LogP contribution in [0.3, 0.4) is 0 Å². The number of nitrogens with two attached hydrogens (primary N) is 1. The lowest BCUT2D eigenvalue weighted by molar-refractivity contribution is -0.137. The molecule has 1 aromatic heterocycles. The summed E-state index contributed by atoms with van der Waals surface area (Å²) >= 11 is 0. The number of aliphatic carboxylic acids is 1. The quantitative estimate of drug-likeness (QED) is 0.415. The highest BCUT2D eigenvalue weighted by molar-refractivity contribution is 6.00. The molecule has 2 heterocycles. The molecule has 1 fully saturated rings. The first-order valence-electron chi connectivity index (χ1n) is 11.9. The van der Waals surface area contributed by atoms with Gasteiger partial charge in [-0.2, -0.15) is 0 Å². The maximum atomic E-state index is 13.5. The number of hydrogen-bond acceptors (Lipinski definition) is 4. The van der Waals surface area contributed by atoms with Gasteiger partial charge in [-0.15, -0.1) is 0 Å². The number of rotatable bonds is 7. The van der Waals surface area contributed by atoms with Crippen LogP contribution in [-0.4, -0.2) is 49.5 Å². The number of fused-ring (bicyclic) bond motifs is 2. The van der Waals surface area contributed by atoms with Crippen LogP contribution in [-0.2, 0) is 22.7 Å². The fourth-order valence-corrected chi connectivity index (χ4v) is 5.10. The molecule has 1 aliphatic rings. The number of amides is 2. The van der Waals surface area contributed by atoms with Gasteiger partial charge in [0.1, 0.15) is 6.04 Å². The molecule has 3 aromatic carbocycles. The molecule has 1 saturated heterocycles. The Labute approximate surface area is 206 Å². The Kier molecular flexibility index (Phi) is 6.05. The third kappa shape index (κ3) is 4.13. The highest BCUT2D eigenvalue weighted by Crippen LogP contribution is 2.24. The van der Waals surface area contributed by atoms with Gasteiger partial charge in [0.25, 0.3) is 5.91 Å². The number of carboxylic acid groups (broad SMARTS) is 1. The van der Waals surface area contributed by atoms with E-state index < -0.39 is 17.9 Å². The molecule has 0 unspecified atom stereocenters. The molecule has 1 aliphatic heterocycles. The zero-order valence-electron chi connectivity index (χ0n) is 19.6. The van der Waals surface area contributed by atoms with Gasteiger partial charge in [0, 0.05) is 18.7 Å². The van der Waals surface area contributed by atoms with E-state index in [-0.39, 0.29) is 24.6 Å². The van der Waals surface area contributed by atoms with Crippen molar-refractivity contribution in [3.63, 3.8) is 0 Å². The van der Waals surface area contributed by atoms with Gasteiger partial charge in [-0.25, -0.2) is 4.79 Å². The molecule has 0 spiro atoms. The first kappa shape index (κ1) is 23.3. The van der Waals surface area contributed by atoms with Crippen molar-refractivity contribution >= 4 is 39.6 Å². The summed E-state index contributed by atoms with van der Waals surface area (Å²) in [7, 11) is 0. The standard InChI is InChI=1S/C27H26N4O5/c28-25(34)22-9-4-13-29(22)26(35)18-10-11-21-23(15-18)30(14-12-24(32)33)27(36)31(21)16-19-7-3-6-17-5-1-2-8-20(17)19/h1-3,5-8,10-11,15,22H,4,9,12-14,16H2,(H2,28,34)(H,32,33)/t22-/m0/s1. The fraction of sp³-hybridized carbons (Fsp3) is 0.259. The lowest BCUT2D eigenvalue weighted by Gasteiger charge is -2.22. The van der Waals surface area contributed by atoms with Crippen LogP contribution in [0.4, 0.5) is 0 Å². The van der Waals surface area contributed by atoms with Crippen molar-refractivity contribution in [1.82, 2.24) is 14.0 Å². The Morgan fingerprint density at radius 2 is 1.75 bits per heavy atom. The number of benzene rings is 3. The van der Waals surface area contributed by atoms with Gasteiger partial charge < -0.3 is 15.7 Å². The van der Waals surface area contributed by atoms with E-state index in [0.29, 0.717) is 42.5 Å². The maximum absolute atomic E-state index is 13.5. The number of carbonyl (C=O) groups is 3. The molecule has 0 saturated carbocycles. The minimum atomic E-state index is -1.02. The Bertz CT molecular complexity index is 1560. The molecule has 0 bridgehead atoms. The van der Waals surface area contributed by atoms with Crippen LogP contribution in [0.15, 0.2) is 65.5 Å². The first-order valence-corrected chi connectivity index (χ1v) is 11.9. The molecular formula is C27H26N4O5. The summed E-state index contributed by atoms with van der Waals surface area (Å²) in [6, 6.07) is 18.1. The molecule has 9 nitrogen and oxygen atoms in total. The molecule has 3 N–H and O–H groups in total. The molecule has 9 heteroatoms. The van der Waals surface area contributed by atoms with Crippen LogP contribution in [0, 0.1) is 0 Å². The van der Waals surface area contributed by atoms with Crippen molar-refractivity contribution in [2.45, 2.75) is 38.4 Å². The summed E-state index contributed by atoms with van der Waals surface area (Å²) < 4.78 is 3.01. The summed E-state index contributed by atoms with van der Waals surface area (Å²) in [4.78, 5) is 51.3. The number of hydrogen-bond donors (Lipinski definition) is 2. The molecule has 5 rings (SSSR count). The monoisotopic (exact) mass is 486 g/mol. The van der Waals surface area contributed by atoms with Crippen LogP contribution in [0.5, 0.6) is 0 Å². The Hall–Kier alpha value is -4.40. The van der Waals surface area contributed by atoms with E-state index in [2.05, 4.69) is 0 Å². The van der Waals surface area contributed by atoms with E-state index in [1.807, 2.05) is 42.5 Å². The molecule has 1 atom stereocenters. The molecule has 36 heavy (non-hydrogen) atoms. The van der Waals surface area contributed by atoms with Gasteiger partial charge in [0.2, 0.25) is 5.91 Å². The van der Waals surface area contributed by atoms with Crippen molar-refractivity contribution in [1.29, 1.82) is 0 Å². The third-order valence-corrected chi connectivity index (χ3v) is 6.87. The molecule has 2 amide bonds. The van der Waals surface area contributed by atoms with Gasteiger partial charge in [-0.1, -0.05) is 42.5 Å². The van der Waals surface area contributed by atoms with Crippen molar-refractivity contribution in [2.75, 3.05) is 6.54 Å².